The zero-order valence-electron chi connectivity index (χ0n) is 10.2. The smallest absolute Gasteiger partial charge is 0.245 e. The van der Waals surface area contributed by atoms with Gasteiger partial charge in [-0.2, -0.15) is 0 Å². The lowest BCUT2D eigenvalue weighted by Gasteiger charge is -2.08. The van der Waals surface area contributed by atoms with E-state index in [2.05, 4.69) is 25.6 Å². The minimum atomic E-state index is -4.17. The molecule has 0 saturated carbocycles. The largest absolute Gasteiger partial charge is 0.445 e. The quantitative estimate of drug-likeness (QED) is 0.902. The maximum Gasteiger partial charge on any atom is 0.245 e. The third-order valence-electron chi connectivity index (χ3n) is 2.31. The number of rotatable bonds is 4. The second-order valence-corrected chi connectivity index (χ2v) is 6.45. The van der Waals surface area contributed by atoms with Crippen molar-refractivity contribution in [3.63, 3.8) is 0 Å². The summed E-state index contributed by atoms with van der Waals surface area (Å²) < 4.78 is 57.6. The molecule has 1 aromatic heterocycles. The van der Waals surface area contributed by atoms with Crippen molar-refractivity contribution in [2.45, 2.75) is 18.4 Å². The number of benzene rings is 1. The topological polar surface area (TPSA) is 72.2 Å². The third kappa shape index (κ3) is 3.22. The molecule has 0 amide bonds. The van der Waals surface area contributed by atoms with Crippen LogP contribution in [0.5, 0.6) is 0 Å². The van der Waals surface area contributed by atoms with Crippen LogP contribution in [0.15, 0.2) is 32.1 Å². The first-order valence-electron chi connectivity index (χ1n) is 5.35. The van der Waals surface area contributed by atoms with E-state index in [0.717, 1.165) is 6.07 Å². The summed E-state index contributed by atoms with van der Waals surface area (Å²) in [5.41, 5.74) is 0. The molecule has 1 aromatic carbocycles. The molecule has 1 heterocycles. The summed E-state index contributed by atoms with van der Waals surface area (Å²) in [6, 6.07) is 1.36. The van der Waals surface area contributed by atoms with Gasteiger partial charge in [-0.15, -0.1) is 0 Å². The summed E-state index contributed by atoms with van der Waals surface area (Å²) in [4.78, 5) is 3.15. The van der Waals surface area contributed by atoms with Crippen LogP contribution in [0.3, 0.4) is 0 Å². The van der Waals surface area contributed by atoms with Crippen LogP contribution in [0.4, 0.5) is 8.78 Å². The molecule has 0 radical (unpaired) electrons. The lowest BCUT2D eigenvalue weighted by molar-refractivity contribution is 0.462. The molecule has 0 atom stereocenters. The number of aromatic nitrogens is 1. The minimum absolute atomic E-state index is 0.143. The first kappa shape index (κ1) is 15.1. The van der Waals surface area contributed by atoms with E-state index < -0.39 is 26.6 Å². The van der Waals surface area contributed by atoms with Crippen LogP contribution in [0, 0.1) is 18.6 Å². The van der Waals surface area contributed by atoms with Crippen LogP contribution in [0.1, 0.15) is 11.7 Å². The van der Waals surface area contributed by atoms with Crippen LogP contribution in [-0.4, -0.2) is 13.4 Å². The Balaban J connectivity index is 2.27. The fourth-order valence-corrected chi connectivity index (χ4v) is 3.63. The standard InChI is InChI=1S/C11H9BrF2N2O3S/c1-6-4-15-10(19-6)5-16-20(17,18)11-8(12)2-7(13)3-9(11)14/h2-4,16H,5H2,1H3. The first-order valence-corrected chi connectivity index (χ1v) is 7.63. The maximum absolute atomic E-state index is 13.6. The van der Waals surface area contributed by atoms with Crippen molar-refractivity contribution in [1.82, 2.24) is 9.71 Å². The number of nitrogens with one attached hydrogen (secondary N) is 1. The predicted octanol–water partition coefficient (Wildman–Crippen LogP) is 2.50. The summed E-state index contributed by atoms with van der Waals surface area (Å²) in [5, 5.41) is 0. The Labute approximate surface area is 122 Å². The molecule has 0 spiro atoms. The molecule has 0 saturated heterocycles. The van der Waals surface area contributed by atoms with Crippen LogP contribution in [-0.2, 0) is 16.6 Å². The van der Waals surface area contributed by atoms with Crippen molar-refractivity contribution in [2.75, 3.05) is 0 Å². The summed E-state index contributed by atoms with van der Waals surface area (Å²) in [6.45, 7) is 1.42. The highest BCUT2D eigenvalue weighted by molar-refractivity contribution is 9.10. The van der Waals surface area contributed by atoms with E-state index in [0.29, 0.717) is 11.8 Å². The Kier molecular flexibility index (Phi) is 4.21. The number of halogens is 3. The SMILES string of the molecule is Cc1cnc(CNS(=O)(=O)c2c(F)cc(F)cc2Br)o1. The molecule has 9 heteroatoms. The average molecular weight is 367 g/mol. The van der Waals surface area contributed by atoms with Gasteiger partial charge in [-0.1, -0.05) is 0 Å². The van der Waals surface area contributed by atoms with Crippen molar-refractivity contribution >= 4 is 26.0 Å². The van der Waals surface area contributed by atoms with Crippen molar-refractivity contribution < 1.29 is 21.6 Å². The highest BCUT2D eigenvalue weighted by atomic mass is 79.9. The molecule has 2 rings (SSSR count). The summed E-state index contributed by atoms with van der Waals surface area (Å²) >= 11 is 2.83. The number of hydrogen-bond acceptors (Lipinski definition) is 4. The Bertz CT molecular complexity index is 723. The molecule has 20 heavy (non-hydrogen) atoms. The zero-order valence-corrected chi connectivity index (χ0v) is 12.6. The second kappa shape index (κ2) is 5.58. The Morgan fingerprint density at radius 1 is 1.40 bits per heavy atom. The number of nitrogens with zero attached hydrogens (tertiary/aromatic N) is 1. The molecule has 0 unspecified atom stereocenters. The monoisotopic (exact) mass is 366 g/mol. The van der Waals surface area contributed by atoms with Gasteiger partial charge in [0.25, 0.3) is 0 Å². The fourth-order valence-electron chi connectivity index (χ4n) is 1.50. The van der Waals surface area contributed by atoms with E-state index in [4.69, 9.17) is 4.42 Å². The summed E-state index contributed by atoms with van der Waals surface area (Å²) in [6.07, 6.45) is 1.43. The van der Waals surface area contributed by atoms with Gasteiger partial charge in [0.2, 0.25) is 15.9 Å². The van der Waals surface area contributed by atoms with Crippen molar-refractivity contribution in [2.24, 2.45) is 0 Å². The van der Waals surface area contributed by atoms with Gasteiger partial charge in [0, 0.05) is 10.5 Å². The number of oxazole rings is 1. The molecule has 2 aromatic rings. The van der Waals surface area contributed by atoms with Gasteiger partial charge in [0.05, 0.1) is 12.7 Å². The molecule has 5 nitrogen and oxygen atoms in total. The number of hydrogen-bond donors (Lipinski definition) is 1. The van der Waals surface area contributed by atoms with Gasteiger partial charge in [-0.3, -0.25) is 0 Å². The van der Waals surface area contributed by atoms with Crippen LogP contribution >= 0.6 is 15.9 Å². The van der Waals surface area contributed by atoms with Crippen molar-refractivity contribution in [3.8, 4) is 0 Å². The van der Waals surface area contributed by atoms with Gasteiger partial charge in [-0.25, -0.2) is 26.9 Å². The number of aryl methyl sites for hydroxylation is 1. The van der Waals surface area contributed by atoms with Crippen LogP contribution in [0.25, 0.3) is 0 Å². The van der Waals surface area contributed by atoms with Crippen LogP contribution in [0.2, 0.25) is 0 Å². The molecular weight excluding hydrogens is 358 g/mol. The molecule has 0 aliphatic rings. The molecular formula is C11H9BrF2N2O3S. The fraction of sp³-hybridized carbons (Fsp3) is 0.182. The third-order valence-corrected chi connectivity index (χ3v) is 4.68. The van der Waals surface area contributed by atoms with E-state index in [1.54, 1.807) is 6.92 Å². The summed E-state index contributed by atoms with van der Waals surface area (Å²) in [5.74, 6) is -1.40. The molecule has 1 N–H and O–H groups in total. The van der Waals surface area contributed by atoms with Crippen molar-refractivity contribution in [3.05, 3.63) is 46.1 Å². The maximum atomic E-state index is 13.6. The first-order chi connectivity index (χ1) is 9.29. The van der Waals surface area contributed by atoms with E-state index >= 15 is 0 Å². The normalized spacial score (nSPS) is 11.8. The van der Waals surface area contributed by atoms with E-state index in [1.165, 1.54) is 6.20 Å². The highest BCUT2D eigenvalue weighted by Crippen LogP contribution is 2.26. The van der Waals surface area contributed by atoms with Gasteiger partial charge in [0.1, 0.15) is 22.3 Å². The van der Waals surface area contributed by atoms with Gasteiger partial charge >= 0.3 is 0 Å². The Hall–Kier alpha value is -1.32. The van der Waals surface area contributed by atoms with Gasteiger partial charge in [0.15, 0.2) is 0 Å². The Morgan fingerprint density at radius 2 is 2.10 bits per heavy atom. The molecule has 0 bridgehead atoms. The molecule has 0 fully saturated rings. The van der Waals surface area contributed by atoms with Crippen molar-refractivity contribution in [1.29, 1.82) is 0 Å². The lowest BCUT2D eigenvalue weighted by atomic mass is 10.3. The second-order valence-electron chi connectivity index (χ2n) is 3.89. The average Bonchev–Trinajstić information content (AvgIpc) is 2.71. The van der Waals surface area contributed by atoms with Gasteiger partial charge < -0.3 is 4.42 Å². The molecule has 0 aliphatic carbocycles. The minimum Gasteiger partial charge on any atom is -0.445 e. The highest BCUT2D eigenvalue weighted by Gasteiger charge is 2.24. The predicted molar refractivity (Wildman–Crippen MR) is 69.3 cm³/mol. The van der Waals surface area contributed by atoms with E-state index in [1.807, 2.05) is 0 Å². The lowest BCUT2D eigenvalue weighted by Crippen LogP contribution is -2.25. The van der Waals surface area contributed by atoms with Crippen LogP contribution < -0.4 is 4.72 Å². The van der Waals surface area contributed by atoms with E-state index in [-0.39, 0.29) is 16.9 Å². The number of sulfonamides is 1. The van der Waals surface area contributed by atoms with Gasteiger partial charge in [-0.05, 0) is 28.9 Å². The van der Waals surface area contributed by atoms with E-state index in [9.17, 15) is 17.2 Å². The molecule has 0 aliphatic heterocycles. The Morgan fingerprint density at radius 3 is 2.65 bits per heavy atom. The molecule has 108 valence electrons. The zero-order chi connectivity index (χ0) is 14.9. The summed E-state index contributed by atoms with van der Waals surface area (Å²) in [7, 11) is -4.17.